The molecule has 1 rings (SSSR count). The normalized spacial score (nSPS) is 26.6. The highest BCUT2D eigenvalue weighted by molar-refractivity contribution is 5.16. The maximum absolute atomic E-state index is 6.16. The zero-order valence-corrected chi connectivity index (χ0v) is 11.7. The fourth-order valence-corrected chi connectivity index (χ4v) is 1.58. The Hall–Kier alpha value is -0.840. The molecule has 0 aromatic heterocycles. The Morgan fingerprint density at radius 2 is 2.28 bits per heavy atom. The topological polar surface area (TPSA) is 59.8 Å². The van der Waals surface area contributed by atoms with Crippen molar-refractivity contribution in [3.8, 4) is 0 Å². The van der Waals surface area contributed by atoms with Crippen LogP contribution >= 0.6 is 0 Å². The highest BCUT2D eigenvalue weighted by Crippen LogP contribution is 2.19. The molecule has 4 nitrogen and oxygen atoms in total. The van der Waals surface area contributed by atoms with Crippen LogP contribution < -0.4 is 11.1 Å². The minimum absolute atomic E-state index is 0.239. The van der Waals surface area contributed by atoms with Crippen molar-refractivity contribution in [2.45, 2.75) is 51.5 Å². The Labute approximate surface area is 110 Å². The number of allylic oxidation sites excluding steroid dienone is 2. The number of epoxide rings is 1. The maximum atomic E-state index is 6.16. The molecule has 3 atom stereocenters. The predicted molar refractivity (Wildman–Crippen MR) is 74.1 cm³/mol. The van der Waals surface area contributed by atoms with E-state index in [1.54, 1.807) is 6.08 Å². The number of hydrogen-bond donors (Lipinski definition) is 2. The molecule has 1 heterocycles. The van der Waals surface area contributed by atoms with Crippen LogP contribution in [0.15, 0.2) is 24.5 Å². The van der Waals surface area contributed by atoms with Gasteiger partial charge in [-0.1, -0.05) is 19.6 Å². The van der Waals surface area contributed by atoms with E-state index in [1.165, 1.54) is 0 Å². The van der Waals surface area contributed by atoms with Crippen molar-refractivity contribution in [3.05, 3.63) is 24.5 Å². The number of nitrogens with two attached hydrogens (primary N) is 1. The Morgan fingerprint density at radius 1 is 1.61 bits per heavy atom. The van der Waals surface area contributed by atoms with E-state index in [4.69, 9.17) is 15.2 Å². The summed E-state index contributed by atoms with van der Waals surface area (Å²) >= 11 is 0. The molecule has 0 aliphatic carbocycles. The van der Waals surface area contributed by atoms with Gasteiger partial charge in [0.15, 0.2) is 0 Å². The van der Waals surface area contributed by atoms with Gasteiger partial charge in [-0.3, -0.25) is 5.32 Å². The van der Waals surface area contributed by atoms with E-state index in [0.717, 1.165) is 25.1 Å². The molecule has 0 bridgehead atoms. The molecule has 0 aromatic rings. The van der Waals surface area contributed by atoms with Gasteiger partial charge in [0.05, 0.1) is 18.2 Å². The van der Waals surface area contributed by atoms with Gasteiger partial charge >= 0.3 is 0 Å². The second-order valence-corrected chi connectivity index (χ2v) is 4.96. The third kappa shape index (κ3) is 4.80. The Kier molecular flexibility index (Phi) is 5.85. The molecule has 0 radical (unpaired) electrons. The van der Waals surface area contributed by atoms with E-state index in [9.17, 15) is 0 Å². The number of ether oxygens (including phenoxy) is 2. The van der Waals surface area contributed by atoms with Gasteiger partial charge in [0.2, 0.25) is 0 Å². The first-order valence-electron chi connectivity index (χ1n) is 6.65. The summed E-state index contributed by atoms with van der Waals surface area (Å²) in [5.41, 5.74) is 5.74. The average molecular weight is 254 g/mol. The van der Waals surface area contributed by atoms with Gasteiger partial charge in [-0.25, -0.2) is 0 Å². The SMILES string of the molecule is C=CC=C(OCCCNC1OC1C)C(C)(N)CC. The van der Waals surface area contributed by atoms with Crippen molar-refractivity contribution in [2.75, 3.05) is 13.2 Å². The van der Waals surface area contributed by atoms with Gasteiger partial charge in [-0.15, -0.1) is 0 Å². The second kappa shape index (κ2) is 6.92. The molecule has 4 heteroatoms. The van der Waals surface area contributed by atoms with E-state index in [-0.39, 0.29) is 6.23 Å². The van der Waals surface area contributed by atoms with Gasteiger partial charge < -0.3 is 15.2 Å². The van der Waals surface area contributed by atoms with Gasteiger partial charge in [0.1, 0.15) is 12.0 Å². The van der Waals surface area contributed by atoms with E-state index >= 15 is 0 Å². The van der Waals surface area contributed by atoms with Crippen LogP contribution in [0.4, 0.5) is 0 Å². The molecule has 0 spiro atoms. The Bertz CT molecular complexity index is 300. The summed E-state index contributed by atoms with van der Waals surface area (Å²) in [5, 5.41) is 3.29. The van der Waals surface area contributed by atoms with Crippen molar-refractivity contribution in [2.24, 2.45) is 5.73 Å². The van der Waals surface area contributed by atoms with E-state index < -0.39 is 5.54 Å². The van der Waals surface area contributed by atoms with Crippen molar-refractivity contribution in [1.29, 1.82) is 0 Å². The predicted octanol–water partition coefficient (Wildman–Crippen LogP) is 1.92. The summed E-state index contributed by atoms with van der Waals surface area (Å²) in [7, 11) is 0. The first-order chi connectivity index (χ1) is 8.51. The molecule has 104 valence electrons. The summed E-state index contributed by atoms with van der Waals surface area (Å²) in [5.74, 6) is 0.802. The third-order valence-corrected chi connectivity index (χ3v) is 3.20. The van der Waals surface area contributed by atoms with Crippen LogP contribution in [0.3, 0.4) is 0 Å². The van der Waals surface area contributed by atoms with Crippen LogP contribution in [-0.4, -0.2) is 31.0 Å². The molecule has 18 heavy (non-hydrogen) atoms. The molecular weight excluding hydrogens is 228 g/mol. The minimum atomic E-state index is -0.421. The quantitative estimate of drug-likeness (QED) is 0.286. The van der Waals surface area contributed by atoms with Crippen LogP contribution in [0.1, 0.15) is 33.6 Å². The highest BCUT2D eigenvalue weighted by atomic mass is 16.6. The lowest BCUT2D eigenvalue weighted by atomic mass is 9.97. The lowest BCUT2D eigenvalue weighted by molar-refractivity contribution is 0.162. The minimum Gasteiger partial charge on any atom is -0.496 e. The molecule has 3 unspecified atom stereocenters. The molecule has 1 aliphatic heterocycles. The summed E-state index contributed by atoms with van der Waals surface area (Å²) in [4.78, 5) is 0. The monoisotopic (exact) mass is 254 g/mol. The fourth-order valence-electron chi connectivity index (χ4n) is 1.58. The molecular formula is C14H26N2O2. The molecule has 1 saturated heterocycles. The third-order valence-electron chi connectivity index (χ3n) is 3.20. The summed E-state index contributed by atoms with van der Waals surface area (Å²) in [6.07, 6.45) is 5.93. The Morgan fingerprint density at radius 3 is 2.78 bits per heavy atom. The second-order valence-electron chi connectivity index (χ2n) is 4.96. The van der Waals surface area contributed by atoms with Crippen molar-refractivity contribution >= 4 is 0 Å². The average Bonchev–Trinajstić information content (AvgIpc) is 3.03. The van der Waals surface area contributed by atoms with Crippen LogP contribution in [0.25, 0.3) is 0 Å². The van der Waals surface area contributed by atoms with Crippen LogP contribution in [0.5, 0.6) is 0 Å². The number of nitrogens with one attached hydrogen (secondary N) is 1. The van der Waals surface area contributed by atoms with Crippen LogP contribution in [-0.2, 0) is 9.47 Å². The van der Waals surface area contributed by atoms with Crippen LogP contribution in [0.2, 0.25) is 0 Å². The zero-order chi connectivity index (χ0) is 13.6. The number of rotatable bonds is 9. The first kappa shape index (κ1) is 15.2. The molecule has 1 fully saturated rings. The number of hydrogen-bond acceptors (Lipinski definition) is 4. The molecule has 0 aromatic carbocycles. The summed E-state index contributed by atoms with van der Waals surface area (Å²) < 4.78 is 11.0. The van der Waals surface area contributed by atoms with Gasteiger partial charge in [0, 0.05) is 6.54 Å². The Balaban J connectivity index is 2.21. The highest BCUT2D eigenvalue weighted by Gasteiger charge is 2.33. The summed E-state index contributed by atoms with van der Waals surface area (Å²) in [6.45, 7) is 11.3. The molecule has 1 aliphatic rings. The van der Waals surface area contributed by atoms with E-state index in [1.807, 2.05) is 19.9 Å². The zero-order valence-electron chi connectivity index (χ0n) is 11.7. The van der Waals surface area contributed by atoms with Crippen molar-refractivity contribution < 1.29 is 9.47 Å². The fraction of sp³-hybridized carbons (Fsp3) is 0.714. The molecule has 3 N–H and O–H groups in total. The van der Waals surface area contributed by atoms with Crippen molar-refractivity contribution in [1.82, 2.24) is 5.32 Å². The molecule has 0 amide bonds. The lowest BCUT2D eigenvalue weighted by Gasteiger charge is -2.26. The van der Waals surface area contributed by atoms with E-state index in [0.29, 0.717) is 12.7 Å². The first-order valence-corrected chi connectivity index (χ1v) is 6.65. The maximum Gasteiger partial charge on any atom is 0.134 e. The van der Waals surface area contributed by atoms with Gasteiger partial charge in [-0.2, -0.15) is 0 Å². The van der Waals surface area contributed by atoms with Crippen LogP contribution in [0, 0.1) is 0 Å². The van der Waals surface area contributed by atoms with Gasteiger partial charge in [-0.05, 0) is 32.8 Å². The molecule has 0 saturated carbocycles. The largest absolute Gasteiger partial charge is 0.496 e. The smallest absolute Gasteiger partial charge is 0.134 e. The lowest BCUT2D eigenvalue weighted by Crippen LogP contribution is -2.38. The van der Waals surface area contributed by atoms with Gasteiger partial charge in [0.25, 0.3) is 0 Å². The van der Waals surface area contributed by atoms with Crippen molar-refractivity contribution in [3.63, 3.8) is 0 Å². The standard InChI is InChI=1S/C14H26N2O2/c1-5-8-12(14(4,15)6-2)17-10-7-9-16-13-11(3)18-13/h5,8,11,13,16H,1,6-7,9-10,15H2,2-4H3. The van der Waals surface area contributed by atoms with E-state index in [2.05, 4.69) is 18.8 Å². The summed E-state index contributed by atoms with van der Waals surface area (Å²) in [6, 6.07) is 0.